The Bertz CT molecular complexity index is 554. The fourth-order valence-electron chi connectivity index (χ4n) is 1.58. The highest BCUT2D eigenvalue weighted by atomic mass is 32.1. The third kappa shape index (κ3) is 1.82. The average molecular weight is 237 g/mol. The first-order chi connectivity index (χ1) is 7.09. The van der Waals surface area contributed by atoms with Crippen molar-refractivity contribution in [2.45, 2.75) is 13.8 Å². The zero-order valence-electron chi connectivity index (χ0n) is 8.52. The average Bonchev–Trinajstić information content (AvgIpc) is 2.48. The van der Waals surface area contributed by atoms with E-state index in [-0.39, 0.29) is 5.88 Å². The number of hydrogen-bond acceptors (Lipinski definition) is 3. The Kier molecular flexibility index (Phi) is 2.63. The monoisotopic (exact) mass is 237 g/mol. The van der Waals surface area contributed by atoms with Crippen molar-refractivity contribution in [3.8, 4) is 11.6 Å². The maximum atomic E-state index is 9.69. The standard InChI is InChI=1S/C11H11NOS2/c1-7-3-4-9(8(2)5-7)12-10(13)6-15-11(12)14/h3-6,13H,1-2H3. The second-order valence-electron chi connectivity index (χ2n) is 3.49. The highest BCUT2D eigenvalue weighted by molar-refractivity contribution is 7.73. The summed E-state index contributed by atoms with van der Waals surface area (Å²) < 4.78 is 2.36. The molecule has 1 aromatic heterocycles. The van der Waals surface area contributed by atoms with E-state index in [9.17, 15) is 5.11 Å². The summed E-state index contributed by atoms with van der Waals surface area (Å²) in [6.07, 6.45) is 0. The van der Waals surface area contributed by atoms with Gasteiger partial charge in [-0.2, -0.15) is 0 Å². The third-order valence-electron chi connectivity index (χ3n) is 2.27. The molecular formula is C11H11NOS2. The molecule has 78 valence electrons. The van der Waals surface area contributed by atoms with Crippen LogP contribution in [0.1, 0.15) is 11.1 Å². The topological polar surface area (TPSA) is 25.2 Å². The molecule has 2 aromatic rings. The molecule has 0 amide bonds. The van der Waals surface area contributed by atoms with Crippen molar-refractivity contribution in [3.05, 3.63) is 38.7 Å². The van der Waals surface area contributed by atoms with Gasteiger partial charge in [-0.3, -0.25) is 4.57 Å². The second kappa shape index (κ2) is 3.79. The normalized spacial score (nSPS) is 10.5. The van der Waals surface area contributed by atoms with Crippen LogP contribution in [0.2, 0.25) is 0 Å². The van der Waals surface area contributed by atoms with Gasteiger partial charge in [0.25, 0.3) is 0 Å². The first kappa shape index (κ1) is 10.4. The van der Waals surface area contributed by atoms with E-state index in [1.165, 1.54) is 16.9 Å². The molecular weight excluding hydrogens is 226 g/mol. The van der Waals surface area contributed by atoms with Crippen molar-refractivity contribution in [3.63, 3.8) is 0 Å². The van der Waals surface area contributed by atoms with Gasteiger partial charge in [0.2, 0.25) is 5.88 Å². The lowest BCUT2D eigenvalue weighted by Gasteiger charge is -2.08. The third-order valence-corrected chi connectivity index (χ3v) is 3.45. The molecule has 4 heteroatoms. The van der Waals surface area contributed by atoms with E-state index in [1.54, 1.807) is 9.95 Å². The lowest BCUT2D eigenvalue weighted by atomic mass is 10.1. The molecule has 2 rings (SSSR count). The van der Waals surface area contributed by atoms with Gasteiger partial charge in [0, 0.05) is 0 Å². The summed E-state index contributed by atoms with van der Waals surface area (Å²) in [6.45, 7) is 4.06. The number of aromatic hydroxyl groups is 1. The smallest absolute Gasteiger partial charge is 0.207 e. The molecule has 1 heterocycles. The summed E-state index contributed by atoms with van der Waals surface area (Å²) in [5.41, 5.74) is 3.27. The Balaban J connectivity index is 2.69. The van der Waals surface area contributed by atoms with Crippen LogP contribution in [0.5, 0.6) is 5.88 Å². The summed E-state index contributed by atoms with van der Waals surface area (Å²) in [4.78, 5) is 0. The first-order valence-electron chi connectivity index (χ1n) is 4.57. The highest BCUT2D eigenvalue weighted by Gasteiger charge is 2.07. The Morgan fingerprint density at radius 1 is 1.33 bits per heavy atom. The number of aryl methyl sites for hydroxylation is 2. The Morgan fingerprint density at radius 3 is 2.60 bits per heavy atom. The minimum Gasteiger partial charge on any atom is -0.494 e. The predicted molar refractivity (Wildman–Crippen MR) is 65.6 cm³/mol. The SMILES string of the molecule is Cc1ccc(-n2c(O)csc2=S)c(C)c1. The van der Waals surface area contributed by atoms with Crippen molar-refractivity contribution in [2.75, 3.05) is 0 Å². The molecule has 0 radical (unpaired) electrons. The van der Waals surface area contributed by atoms with E-state index >= 15 is 0 Å². The number of rotatable bonds is 1. The van der Waals surface area contributed by atoms with Gasteiger partial charge in [0.15, 0.2) is 3.95 Å². The first-order valence-corrected chi connectivity index (χ1v) is 5.85. The van der Waals surface area contributed by atoms with Crippen molar-refractivity contribution in [2.24, 2.45) is 0 Å². The minimum absolute atomic E-state index is 0.206. The summed E-state index contributed by atoms with van der Waals surface area (Å²) in [5, 5.41) is 11.3. The molecule has 0 saturated heterocycles. The van der Waals surface area contributed by atoms with Gasteiger partial charge in [0.1, 0.15) is 0 Å². The number of benzene rings is 1. The summed E-state index contributed by atoms with van der Waals surface area (Å²) in [7, 11) is 0. The molecule has 0 saturated carbocycles. The number of nitrogens with zero attached hydrogens (tertiary/aromatic N) is 1. The predicted octanol–water partition coefficient (Wildman–Crippen LogP) is 3.59. The van der Waals surface area contributed by atoms with E-state index in [4.69, 9.17) is 12.2 Å². The van der Waals surface area contributed by atoms with Crippen molar-refractivity contribution >= 4 is 23.6 Å². The van der Waals surface area contributed by atoms with Crippen molar-refractivity contribution < 1.29 is 5.11 Å². The molecule has 0 spiro atoms. The minimum atomic E-state index is 0.206. The molecule has 0 aliphatic heterocycles. The Hall–Kier alpha value is -1.13. The fourth-order valence-corrected chi connectivity index (χ4v) is 2.53. The lowest BCUT2D eigenvalue weighted by Crippen LogP contribution is -1.96. The lowest BCUT2D eigenvalue weighted by molar-refractivity contribution is 0.442. The van der Waals surface area contributed by atoms with Gasteiger partial charge in [-0.15, -0.1) is 11.3 Å². The largest absolute Gasteiger partial charge is 0.494 e. The summed E-state index contributed by atoms with van der Waals surface area (Å²) in [5.74, 6) is 0.206. The van der Waals surface area contributed by atoms with E-state index in [1.807, 2.05) is 26.0 Å². The zero-order chi connectivity index (χ0) is 11.0. The van der Waals surface area contributed by atoms with Gasteiger partial charge in [-0.05, 0) is 37.7 Å². The number of aromatic nitrogens is 1. The highest BCUT2D eigenvalue weighted by Crippen LogP contribution is 2.25. The van der Waals surface area contributed by atoms with Crippen LogP contribution in [-0.2, 0) is 0 Å². The molecule has 0 atom stereocenters. The Labute approximate surface area is 97.4 Å². The van der Waals surface area contributed by atoms with Crippen LogP contribution in [0.25, 0.3) is 5.69 Å². The maximum absolute atomic E-state index is 9.69. The quantitative estimate of drug-likeness (QED) is 0.767. The molecule has 0 unspecified atom stereocenters. The van der Waals surface area contributed by atoms with Crippen LogP contribution in [-0.4, -0.2) is 9.67 Å². The molecule has 1 aromatic carbocycles. The van der Waals surface area contributed by atoms with E-state index < -0.39 is 0 Å². The van der Waals surface area contributed by atoms with E-state index in [2.05, 4.69) is 6.07 Å². The van der Waals surface area contributed by atoms with Crippen molar-refractivity contribution in [1.82, 2.24) is 4.57 Å². The van der Waals surface area contributed by atoms with Gasteiger partial charge >= 0.3 is 0 Å². The molecule has 2 nitrogen and oxygen atoms in total. The second-order valence-corrected chi connectivity index (χ2v) is 4.99. The molecule has 0 fully saturated rings. The molecule has 0 aliphatic carbocycles. The van der Waals surface area contributed by atoms with Crippen LogP contribution in [0, 0.1) is 17.8 Å². The number of thiazole rings is 1. The van der Waals surface area contributed by atoms with Gasteiger partial charge in [0.05, 0.1) is 11.1 Å². The van der Waals surface area contributed by atoms with Crippen LogP contribution in [0.3, 0.4) is 0 Å². The van der Waals surface area contributed by atoms with E-state index in [0.29, 0.717) is 3.95 Å². The molecule has 1 N–H and O–H groups in total. The summed E-state index contributed by atoms with van der Waals surface area (Å²) in [6, 6.07) is 6.07. The Morgan fingerprint density at radius 2 is 2.07 bits per heavy atom. The molecule has 0 aliphatic rings. The maximum Gasteiger partial charge on any atom is 0.207 e. The number of hydrogen-bond donors (Lipinski definition) is 1. The van der Waals surface area contributed by atoms with Crippen LogP contribution in [0.4, 0.5) is 0 Å². The van der Waals surface area contributed by atoms with Gasteiger partial charge in [-0.1, -0.05) is 17.7 Å². The zero-order valence-corrected chi connectivity index (χ0v) is 10.2. The van der Waals surface area contributed by atoms with Crippen LogP contribution < -0.4 is 0 Å². The summed E-state index contributed by atoms with van der Waals surface area (Å²) >= 11 is 6.54. The van der Waals surface area contributed by atoms with Gasteiger partial charge < -0.3 is 5.11 Å². The molecule has 0 bridgehead atoms. The van der Waals surface area contributed by atoms with E-state index in [0.717, 1.165) is 11.3 Å². The van der Waals surface area contributed by atoms with Gasteiger partial charge in [-0.25, -0.2) is 0 Å². The van der Waals surface area contributed by atoms with Crippen LogP contribution in [0.15, 0.2) is 23.6 Å². The fraction of sp³-hybridized carbons (Fsp3) is 0.182. The molecule has 15 heavy (non-hydrogen) atoms. The van der Waals surface area contributed by atoms with Crippen LogP contribution >= 0.6 is 23.6 Å². The van der Waals surface area contributed by atoms with Crippen molar-refractivity contribution in [1.29, 1.82) is 0 Å².